The van der Waals surface area contributed by atoms with Crippen molar-refractivity contribution in [3.8, 4) is 28.3 Å². The lowest BCUT2D eigenvalue weighted by atomic mass is 9.94. The first-order valence-corrected chi connectivity index (χ1v) is 16.3. The van der Waals surface area contributed by atoms with Gasteiger partial charge in [-0.1, -0.05) is 55.1 Å². The molecule has 234 valence electrons. The zero-order chi connectivity index (χ0) is 31.8. The van der Waals surface area contributed by atoms with Gasteiger partial charge in [-0.3, -0.25) is 4.79 Å². The standard InChI is InChI=1S/C35H30ClFN4O4S/c36-24-10-6-20(7-11-24)27-13-8-21(32-39-35(44)46-40-32)16-23(27)19-45-26-12-14-28(29(37)18-26)33-38-30-17-22(34(42)43)9-15-31(30)41(33)25-4-2-1-3-5-25/h6-18,25,32,40H,1-5,19H2,(H,39,44)(H,42,43). The summed E-state index contributed by atoms with van der Waals surface area (Å²) in [6.45, 7) is 0.150. The molecule has 11 heteroatoms. The molecule has 4 aromatic carbocycles. The smallest absolute Gasteiger partial charge is 0.335 e. The molecule has 0 spiro atoms. The van der Waals surface area contributed by atoms with Crippen molar-refractivity contribution in [3.63, 3.8) is 0 Å². The number of fused-ring (bicyclic) bond motifs is 1. The van der Waals surface area contributed by atoms with Gasteiger partial charge in [0.05, 0.1) is 22.2 Å². The molecule has 1 unspecified atom stereocenters. The van der Waals surface area contributed by atoms with E-state index in [1.165, 1.54) is 6.07 Å². The number of carboxylic acids is 1. The predicted molar refractivity (Wildman–Crippen MR) is 177 cm³/mol. The van der Waals surface area contributed by atoms with Crippen LogP contribution >= 0.6 is 23.5 Å². The van der Waals surface area contributed by atoms with E-state index in [-0.39, 0.29) is 29.6 Å². The first kappa shape index (κ1) is 30.3. The Morgan fingerprint density at radius 2 is 1.78 bits per heavy atom. The van der Waals surface area contributed by atoms with E-state index in [0.29, 0.717) is 27.7 Å². The minimum Gasteiger partial charge on any atom is -0.489 e. The number of imidazole rings is 1. The van der Waals surface area contributed by atoms with Crippen LogP contribution in [0.4, 0.5) is 9.18 Å². The van der Waals surface area contributed by atoms with Crippen LogP contribution in [0.3, 0.4) is 0 Å². The van der Waals surface area contributed by atoms with Gasteiger partial charge in [0.1, 0.15) is 30.2 Å². The quantitative estimate of drug-likeness (QED) is 0.143. The van der Waals surface area contributed by atoms with Crippen LogP contribution in [0.2, 0.25) is 5.02 Å². The van der Waals surface area contributed by atoms with Crippen LogP contribution in [0.15, 0.2) is 78.9 Å². The van der Waals surface area contributed by atoms with E-state index >= 15 is 4.39 Å². The SMILES string of the molecule is O=C1NC(c2ccc(-c3ccc(Cl)cc3)c(COc3ccc(-c4nc5cc(C(=O)O)ccc5n4C4CCCCC4)c(F)c3)c2)NS1. The number of hydrogen-bond acceptors (Lipinski definition) is 6. The second-order valence-electron chi connectivity index (χ2n) is 11.5. The number of nitrogens with zero attached hydrogens (tertiary/aromatic N) is 2. The number of rotatable bonds is 8. The Hall–Kier alpha value is -4.38. The van der Waals surface area contributed by atoms with E-state index in [0.717, 1.165) is 71.8 Å². The highest BCUT2D eigenvalue weighted by Crippen LogP contribution is 2.38. The molecular formula is C35H30ClFN4O4S. The Labute approximate surface area is 274 Å². The molecule has 46 heavy (non-hydrogen) atoms. The van der Waals surface area contributed by atoms with Crippen LogP contribution in [-0.2, 0) is 6.61 Å². The topological polar surface area (TPSA) is 105 Å². The number of carbonyl (C=O) groups is 2. The number of benzene rings is 4. The highest BCUT2D eigenvalue weighted by atomic mass is 35.5. The number of aromatic nitrogens is 2. The van der Waals surface area contributed by atoms with Crippen molar-refractivity contribution in [3.05, 3.63) is 106 Å². The van der Waals surface area contributed by atoms with Gasteiger partial charge in [0, 0.05) is 29.1 Å². The van der Waals surface area contributed by atoms with Gasteiger partial charge >= 0.3 is 5.97 Å². The largest absolute Gasteiger partial charge is 0.489 e. The summed E-state index contributed by atoms with van der Waals surface area (Å²) in [7, 11) is 0. The molecule has 1 aromatic heterocycles. The van der Waals surface area contributed by atoms with Gasteiger partial charge in [0.2, 0.25) is 0 Å². The minimum absolute atomic E-state index is 0.142. The number of carbonyl (C=O) groups excluding carboxylic acids is 1. The number of nitrogens with one attached hydrogen (secondary N) is 2. The van der Waals surface area contributed by atoms with Gasteiger partial charge in [-0.2, -0.15) is 0 Å². The van der Waals surface area contributed by atoms with Gasteiger partial charge in [-0.25, -0.2) is 18.9 Å². The second-order valence-corrected chi connectivity index (χ2v) is 12.8. The monoisotopic (exact) mass is 656 g/mol. The molecular weight excluding hydrogens is 627 g/mol. The van der Waals surface area contributed by atoms with Crippen molar-refractivity contribution in [2.75, 3.05) is 0 Å². The molecule has 1 aliphatic heterocycles. The fraction of sp³-hybridized carbons (Fsp3) is 0.229. The van der Waals surface area contributed by atoms with E-state index in [9.17, 15) is 14.7 Å². The third-order valence-electron chi connectivity index (χ3n) is 8.60. The molecule has 1 aliphatic carbocycles. The fourth-order valence-electron chi connectivity index (χ4n) is 6.32. The van der Waals surface area contributed by atoms with Crippen LogP contribution in [0.5, 0.6) is 5.75 Å². The van der Waals surface area contributed by atoms with Crippen molar-refractivity contribution in [1.82, 2.24) is 19.6 Å². The van der Waals surface area contributed by atoms with Gasteiger partial charge in [0.15, 0.2) is 0 Å². The fourth-order valence-corrected chi connectivity index (χ4v) is 7.05. The van der Waals surface area contributed by atoms with Crippen molar-refractivity contribution < 1.29 is 23.8 Å². The van der Waals surface area contributed by atoms with Crippen LogP contribution in [0.1, 0.15) is 65.8 Å². The Morgan fingerprint density at radius 3 is 2.50 bits per heavy atom. The summed E-state index contributed by atoms with van der Waals surface area (Å²) in [5.74, 6) is -0.679. The Kier molecular flexibility index (Phi) is 8.42. The Bertz CT molecular complexity index is 1960. The molecule has 2 heterocycles. The molecule has 3 N–H and O–H groups in total. The van der Waals surface area contributed by atoms with Crippen LogP contribution in [0, 0.1) is 5.82 Å². The molecule has 1 saturated heterocycles. The molecule has 0 radical (unpaired) electrons. The maximum Gasteiger partial charge on any atom is 0.335 e. The van der Waals surface area contributed by atoms with Crippen LogP contribution in [0.25, 0.3) is 33.5 Å². The summed E-state index contributed by atoms with van der Waals surface area (Å²) >= 11 is 7.14. The van der Waals surface area contributed by atoms with Crippen LogP contribution in [-0.4, -0.2) is 25.9 Å². The number of halogens is 2. The number of aromatic carboxylic acids is 1. The van der Waals surface area contributed by atoms with Gasteiger partial charge in [0.25, 0.3) is 5.24 Å². The predicted octanol–water partition coefficient (Wildman–Crippen LogP) is 8.90. The summed E-state index contributed by atoms with van der Waals surface area (Å²) in [6, 6.07) is 23.2. The van der Waals surface area contributed by atoms with Crippen molar-refractivity contribution >= 4 is 45.8 Å². The molecule has 1 saturated carbocycles. The van der Waals surface area contributed by atoms with E-state index < -0.39 is 11.8 Å². The Morgan fingerprint density at radius 1 is 1.00 bits per heavy atom. The number of carboxylic acid groups (broad SMARTS) is 1. The zero-order valence-corrected chi connectivity index (χ0v) is 26.2. The van der Waals surface area contributed by atoms with E-state index in [1.54, 1.807) is 30.3 Å². The highest BCUT2D eigenvalue weighted by Gasteiger charge is 2.26. The molecule has 1 atom stereocenters. The van der Waals surface area contributed by atoms with Crippen molar-refractivity contribution in [1.29, 1.82) is 0 Å². The summed E-state index contributed by atoms with van der Waals surface area (Å²) in [5, 5.41) is 12.9. The summed E-state index contributed by atoms with van der Waals surface area (Å²) in [6.07, 6.45) is 4.88. The molecule has 2 fully saturated rings. The number of ether oxygens (including phenoxy) is 1. The molecule has 1 amide bonds. The highest BCUT2D eigenvalue weighted by molar-refractivity contribution is 8.12. The molecule has 8 nitrogen and oxygen atoms in total. The summed E-state index contributed by atoms with van der Waals surface area (Å²) < 4.78 is 27.3. The first-order valence-electron chi connectivity index (χ1n) is 15.1. The zero-order valence-electron chi connectivity index (χ0n) is 24.6. The molecule has 2 aliphatic rings. The van der Waals surface area contributed by atoms with E-state index in [4.69, 9.17) is 21.3 Å². The average molecular weight is 657 g/mol. The molecule has 7 rings (SSSR count). The third kappa shape index (κ3) is 6.08. The third-order valence-corrected chi connectivity index (χ3v) is 9.51. The lowest BCUT2D eigenvalue weighted by Gasteiger charge is -2.25. The molecule has 5 aromatic rings. The van der Waals surface area contributed by atoms with Crippen LogP contribution < -0.4 is 14.8 Å². The normalized spacial score (nSPS) is 16.9. The minimum atomic E-state index is -1.03. The Balaban J connectivity index is 1.20. The van der Waals surface area contributed by atoms with E-state index in [2.05, 4.69) is 14.6 Å². The lowest BCUT2D eigenvalue weighted by Crippen LogP contribution is -2.22. The maximum atomic E-state index is 15.9. The number of hydrogen-bond donors (Lipinski definition) is 3. The van der Waals surface area contributed by atoms with Gasteiger partial charge in [-0.05, 0) is 83.6 Å². The van der Waals surface area contributed by atoms with Gasteiger partial charge < -0.3 is 19.7 Å². The molecule has 0 bridgehead atoms. The van der Waals surface area contributed by atoms with Crippen molar-refractivity contribution in [2.24, 2.45) is 0 Å². The number of amides is 1. The maximum absolute atomic E-state index is 15.9. The average Bonchev–Trinajstić information content (AvgIpc) is 3.67. The van der Waals surface area contributed by atoms with Gasteiger partial charge in [-0.15, -0.1) is 0 Å². The van der Waals surface area contributed by atoms with Crippen molar-refractivity contribution in [2.45, 2.75) is 50.9 Å². The first-order chi connectivity index (χ1) is 22.3. The summed E-state index contributed by atoms with van der Waals surface area (Å²) in [4.78, 5) is 28.2. The summed E-state index contributed by atoms with van der Waals surface area (Å²) in [5.41, 5.74) is 5.39. The lowest BCUT2D eigenvalue weighted by molar-refractivity contribution is 0.0697. The van der Waals surface area contributed by atoms with E-state index in [1.807, 2.05) is 42.5 Å². The second kappa shape index (κ2) is 12.8.